The fraction of sp³-hybridized carbons (Fsp3) is 0.917. The average molecular weight is 212 g/mol. The zero-order valence-electron chi connectivity index (χ0n) is 10.4. The van der Waals surface area contributed by atoms with E-state index in [2.05, 4.69) is 32.6 Å². The Hall–Kier alpha value is -0.570. The maximum absolute atomic E-state index is 11.5. The van der Waals surface area contributed by atoms with Crippen molar-refractivity contribution < 1.29 is 4.79 Å². The lowest BCUT2D eigenvalue weighted by Crippen LogP contribution is -2.57. The molecule has 1 aliphatic rings. The largest absolute Gasteiger partial charge is 0.368 e. The monoisotopic (exact) mass is 212 g/mol. The first kappa shape index (κ1) is 12.5. The van der Waals surface area contributed by atoms with Crippen LogP contribution >= 0.6 is 0 Å². The summed E-state index contributed by atoms with van der Waals surface area (Å²) >= 11 is 0. The molecule has 1 heterocycles. The first-order valence-electron chi connectivity index (χ1n) is 5.92. The lowest BCUT2D eigenvalue weighted by Gasteiger charge is -2.45. The number of carbonyl (C=O) groups is 1. The van der Waals surface area contributed by atoms with Crippen LogP contribution in [-0.2, 0) is 4.79 Å². The van der Waals surface area contributed by atoms with Gasteiger partial charge in [-0.3, -0.25) is 9.69 Å². The van der Waals surface area contributed by atoms with Gasteiger partial charge in [-0.15, -0.1) is 0 Å². The number of rotatable bonds is 2. The van der Waals surface area contributed by atoms with Crippen LogP contribution in [0, 0.1) is 5.92 Å². The number of nitrogens with two attached hydrogens (primary N) is 1. The van der Waals surface area contributed by atoms with Gasteiger partial charge in [-0.05, 0) is 46.1 Å². The fourth-order valence-corrected chi connectivity index (χ4v) is 2.48. The molecule has 1 aliphatic heterocycles. The van der Waals surface area contributed by atoms with E-state index < -0.39 is 0 Å². The average Bonchev–Trinajstić information content (AvgIpc) is 2.15. The normalized spacial score (nSPS) is 29.1. The number of hydrogen-bond acceptors (Lipinski definition) is 2. The van der Waals surface area contributed by atoms with Crippen LogP contribution in [0.2, 0.25) is 0 Å². The van der Waals surface area contributed by atoms with Crippen LogP contribution in [-0.4, -0.2) is 28.9 Å². The number of likely N-dealkylation sites (tertiary alicyclic amines) is 1. The molecule has 2 unspecified atom stereocenters. The molecule has 0 spiro atoms. The summed E-state index contributed by atoms with van der Waals surface area (Å²) in [7, 11) is 0. The van der Waals surface area contributed by atoms with Crippen LogP contribution in [0.4, 0.5) is 0 Å². The van der Waals surface area contributed by atoms with Gasteiger partial charge in [0, 0.05) is 5.54 Å². The highest BCUT2D eigenvalue weighted by molar-refractivity contribution is 5.80. The van der Waals surface area contributed by atoms with E-state index in [-0.39, 0.29) is 17.5 Å². The molecule has 0 radical (unpaired) electrons. The Bertz CT molecular complexity index is 232. The van der Waals surface area contributed by atoms with Crippen LogP contribution in [0.25, 0.3) is 0 Å². The van der Waals surface area contributed by atoms with E-state index in [1.54, 1.807) is 0 Å². The third-order valence-electron chi connectivity index (χ3n) is 3.48. The molecule has 2 N–H and O–H groups in total. The molecular formula is C12H24N2O. The summed E-state index contributed by atoms with van der Waals surface area (Å²) < 4.78 is 0. The summed E-state index contributed by atoms with van der Waals surface area (Å²) in [5, 5.41) is 0. The molecule has 1 saturated heterocycles. The van der Waals surface area contributed by atoms with Gasteiger partial charge in [0.1, 0.15) is 0 Å². The summed E-state index contributed by atoms with van der Waals surface area (Å²) in [6, 6.07) is -0.0660. The Labute approximate surface area is 93.0 Å². The van der Waals surface area contributed by atoms with E-state index in [0.29, 0.717) is 5.92 Å². The number of carbonyl (C=O) groups excluding carboxylic acids is 1. The topological polar surface area (TPSA) is 46.3 Å². The predicted molar refractivity (Wildman–Crippen MR) is 62.5 cm³/mol. The summed E-state index contributed by atoms with van der Waals surface area (Å²) in [6.07, 6.45) is 3.28. The Kier molecular flexibility index (Phi) is 3.77. The highest BCUT2D eigenvalue weighted by Crippen LogP contribution is 2.30. The minimum atomic E-state index is -0.164. The Morgan fingerprint density at radius 3 is 2.47 bits per heavy atom. The van der Waals surface area contributed by atoms with E-state index in [0.717, 1.165) is 19.4 Å². The van der Waals surface area contributed by atoms with Crippen molar-refractivity contribution in [3.63, 3.8) is 0 Å². The van der Waals surface area contributed by atoms with Crippen molar-refractivity contribution in [2.45, 2.75) is 58.5 Å². The SMILES string of the molecule is CCC1CCN(C(C)(C)C)C(C(N)=O)C1. The van der Waals surface area contributed by atoms with Crippen molar-refractivity contribution >= 4 is 5.91 Å². The molecule has 0 saturated carbocycles. The maximum atomic E-state index is 11.5. The van der Waals surface area contributed by atoms with Gasteiger partial charge in [0.15, 0.2) is 0 Å². The molecular weight excluding hydrogens is 188 g/mol. The van der Waals surface area contributed by atoms with Gasteiger partial charge in [-0.1, -0.05) is 13.3 Å². The molecule has 88 valence electrons. The molecule has 3 heteroatoms. The standard InChI is InChI=1S/C12H24N2O/c1-5-9-6-7-14(12(2,3)4)10(8-9)11(13)15/h9-10H,5-8H2,1-4H3,(H2,13,15). The van der Waals surface area contributed by atoms with Gasteiger partial charge < -0.3 is 5.73 Å². The number of amides is 1. The number of hydrogen-bond donors (Lipinski definition) is 1. The minimum Gasteiger partial charge on any atom is -0.368 e. The number of nitrogens with zero attached hydrogens (tertiary/aromatic N) is 1. The van der Waals surface area contributed by atoms with Crippen molar-refractivity contribution in [3.05, 3.63) is 0 Å². The highest BCUT2D eigenvalue weighted by atomic mass is 16.1. The van der Waals surface area contributed by atoms with E-state index >= 15 is 0 Å². The highest BCUT2D eigenvalue weighted by Gasteiger charge is 2.36. The molecule has 1 rings (SSSR count). The third-order valence-corrected chi connectivity index (χ3v) is 3.48. The van der Waals surface area contributed by atoms with Crippen molar-refractivity contribution in [1.82, 2.24) is 4.90 Å². The molecule has 0 bridgehead atoms. The smallest absolute Gasteiger partial charge is 0.234 e. The lowest BCUT2D eigenvalue weighted by molar-refractivity contribution is -0.128. The van der Waals surface area contributed by atoms with Gasteiger partial charge in [-0.25, -0.2) is 0 Å². The zero-order valence-corrected chi connectivity index (χ0v) is 10.4. The summed E-state index contributed by atoms with van der Waals surface area (Å²) in [5.74, 6) is 0.504. The molecule has 0 aromatic heterocycles. The van der Waals surface area contributed by atoms with Gasteiger partial charge in [0.05, 0.1) is 6.04 Å². The second-order valence-electron chi connectivity index (χ2n) is 5.58. The first-order valence-corrected chi connectivity index (χ1v) is 5.92. The Morgan fingerprint density at radius 1 is 1.47 bits per heavy atom. The van der Waals surface area contributed by atoms with E-state index in [4.69, 9.17) is 5.73 Å². The van der Waals surface area contributed by atoms with Crippen LogP contribution < -0.4 is 5.73 Å². The molecule has 1 amide bonds. The van der Waals surface area contributed by atoms with Crippen LogP contribution in [0.1, 0.15) is 47.0 Å². The van der Waals surface area contributed by atoms with Crippen LogP contribution in [0.5, 0.6) is 0 Å². The van der Waals surface area contributed by atoms with Crippen molar-refractivity contribution in [3.8, 4) is 0 Å². The molecule has 0 aliphatic carbocycles. The van der Waals surface area contributed by atoms with Crippen LogP contribution in [0.15, 0.2) is 0 Å². The van der Waals surface area contributed by atoms with E-state index in [1.807, 2.05) is 0 Å². The van der Waals surface area contributed by atoms with Crippen molar-refractivity contribution in [1.29, 1.82) is 0 Å². The molecule has 0 aromatic carbocycles. The summed E-state index contributed by atoms with van der Waals surface area (Å²) in [4.78, 5) is 13.7. The maximum Gasteiger partial charge on any atom is 0.234 e. The number of primary amides is 1. The second-order valence-corrected chi connectivity index (χ2v) is 5.58. The van der Waals surface area contributed by atoms with Crippen molar-refractivity contribution in [2.75, 3.05) is 6.54 Å². The molecule has 1 fully saturated rings. The predicted octanol–water partition coefficient (Wildman–Crippen LogP) is 1.76. The quantitative estimate of drug-likeness (QED) is 0.758. The lowest BCUT2D eigenvalue weighted by atomic mass is 9.85. The van der Waals surface area contributed by atoms with Gasteiger partial charge >= 0.3 is 0 Å². The summed E-state index contributed by atoms with van der Waals surface area (Å²) in [6.45, 7) is 9.63. The van der Waals surface area contributed by atoms with Gasteiger partial charge in [0.25, 0.3) is 0 Å². The minimum absolute atomic E-state index is 0.0401. The van der Waals surface area contributed by atoms with Crippen molar-refractivity contribution in [2.24, 2.45) is 11.7 Å². The third kappa shape index (κ3) is 2.94. The Morgan fingerprint density at radius 2 is 2.07 bits per heavy atom. The van der Waals surface area contributed by atoms with Gasteiger partial charge in [-0.2, -0.15) is 0 Å². The summed E-state index contributed by atoms with van der Waals surface area (Å²) in [5.41, 5.74) is 5.53. The molecule has 0 aromatic rings. The van der Waals surface area contributed by atoms with E-state index in [9.17, 15) is 4.79 Å². The van der Waals surface area contributed by atoms with E-state index in [1.165, 1.54) is 6.42 Å². The molecule has 15 heavy (non-hydrogen) atoms. The zero-order chi connectivity index (χ0) is 11.6. The van der Waals surface area contributed by atoms with Crippen LogP contribution in [0.3, 0.4) is 0 Å². The molecule has 2 atom stereocenters. The Balaban J connectivity index is 2.76. The molecule has 3 nitrogen and oxygen atoms in total. The fourth-order valence-electron chi connectivity index (χ4n) is 2.48. The first-order chi connectivity index (χ1) is 6.86. The van der Waals surface area contributed by atoms with Gasteiger partial charge in [0.2, 0.25) is 5.91 Å². The number of piperidine rings is 1. The second kappa shape index (κ2) is 4.52.